The van der Waals surface area contributed by atoms with Gasteiger partial charge in [0.15, 0.2) is 11.0 Å². The van der Waals surface area contributed by atoms with E-state index in [-0.39, 0.29) is 33.7 Å². The molecule has 0 bridgehead atoms. The number of carbonyl (C=O) groups excluding carboxylic acids is 3. The van der Waals surface area contributed by atoms with Crippen LogP contribution in [0.2, 0.25) is 0 Å². The van der Waals surface area contributed by atoms with Gasteiger partial charge in [-0.25, -0.2) is 4.79 Å². The second-order valence-corrected chi connectivity index (χ2v) is 8.93. The number of benzene rings is 1. The van der Waals surface area contributed by atoms with E-state index in [4.69, 9.17) is 15.2 Å². The number of thioether (sulfide) groups is 1. The summed E-state index contributed by atoms with van der Waals surface area (Å²) in [5.41, 5.74) is 6.78. The van der Waals surface area contributed by atoms with Crippen LogP contribution < -0.4 is 15.8 Å². The van der Waals surface area contributed by atoms with Gasteiger partial charge in [0.2, 0.25) is 5.91 Å². The smallest absolute Gasteiger partial charge is 0.341 e. The van der Waals surface area contributed by atoms with Crippen LogP contribution in [0.25, 0.3) is 11.4 Å². The lowest BCUT2D eigenvalue weighted by atomic mass is 10.1. The van der Waals surface area contributed by atoms with E-state index in [1.54, 1.807) is 21.0 Å². The summed E-state index contributed by atoms with van der Waals surface area (Å²) >= 11 is 2.16. The molecule has 3 aromatic rings. The van der Waals surface area contributed by atoms with Gasteiger partial charge in [0.1, 0.15) is 10.8 Å². The highest BCUT2D eigenvalue weighted by atomic mass is 32.2. The lowest BCUT2D eigenvalue weighted by molar-refractivity contribution is -0.113. The molecule has 0 radical (unpaired) electrons. The number of nitrogens with two attached hydrogens (primary N) is 1. The van der Waals surface area contributed by atoms with Gasteiger partial charge < -0.3 is 25.1 Å². The molecule has 12 heteroatoms. The van der Waals surface area contributed by atoms with Crippen molar-refractivity contribution >= 4 is 45.9 Å². The van der Waals surface area contributed by atoms with Gasteiger partial charge >= 0.3 is 5.97 Å². The molecule has 0 aliphatic rings. The fourth-order valence-corrected chi connectivity index (χ4v) is 5.10. The average Bonchev–Trinajstić information content (AvgIpc) is 3.38. The van der Waals surface area contributed by atoms with Gasteiger partial charge in [-0.05, 0) is 38.5 Å². The fraction of sp³-hybridized carbons (Fsp3) is 0.318. The third kappa shape index (κ3) is 5.39. The van der Waals surface area contributed by atoms with Crippen molar-refractivity contribution in [2.45, 2.75) is 32.5 Å². The van der Waals surface area contributed by atoms with Crippen LogP contribution >= 0.6 is 23.1 Å². The molecule has 2 amide bonds. The Kier molecular flexibility index (Phi) is 8.29. The maximum atomic E-state index is 12.7. The predicted molar refractivity (Wildman–Crippen MR) is 131 cm³/mol. The molecule has 0 aliphatic carbocycles. The number of ether oxygens (including phenoxy) is 2. The predicted octanol–water partition coefficient (Wildman–Crippen LogP) is 3.35. The van der Waals surface area contributed by atoms with Gasteiger partial charge in [-0.2, -0.15) is 0 Å². The van der Waals surface area contributed by atoms with Crippen molar-refractivity contribution in [1.29, 1.82) is 0 Å². The molecular weight excluding hydrogens is 478 g/mol. The first-order chi connectivity index (χ1) is 16.3. The number of nitrogens with one attached hydrogen (secondary N) is 1. The first-order valence-electron chi connectivity index (χ1n) is 10.4. The number of primary amides is 1. The van der Waals surface area contributed by atoms with E-state index in [1.807, 2.05) is 35.8 Å². The number of aromatic nitrogens is 3. The molecule has 0 spiro atoms. The van der Waals surface area contributed by atoms with E-state index in [9.17, 15) is 14.4 Å². The minimum Gasteiger partial charge on any atom is -0.497 e. The second-order valence-electron chi connectivity index (χ2n) is 6.96. The van der Waals surface area contributed by atoms with Crippen LogP contribution in [-0.2, 0) is 16.1 Å². The van der Waals surface area contributed by atoms with Gasteiger partial charge in [-0.15, -0.1) is 21.5 Å². The average molecular weight is 504 g/mol. The monoisotopic (exact) mass is 503 g/mol. The fourth-order valence-electron chi connectivity index (χ4n) is 3.23. The number of hydrogen-bond acceptors (Lipinski definition) is 9. The highest BCUT2D eigenvalue weighted by molar-refractivity contribution is 7.99. The summed E-state index contributed by atoms with van der Waals surface area (Å²) in [6.07, 6.45) is 0. The van der Waals surface area contributed by atoms with Gasteiger partial charge in [0.05, 0.1) is 29.9 Å². The van der Waals surface area contributed by atoms with Crippen molar-refractivity contribution in [3.05, 3.63) is 40.3 Å². The molecule has 180 valence electrons. The summed E-state index contributed by atoms with van der Waals surface area (Å²) in [7, 11) is 1.60. The number of nitrogens with zero attached hydrogens (tertiary/aromatic N) is 3. The highest BCUT2D eigenvalue weighted by Gasteiger charge is 2.26. The zero-order chi connectivity index (χ0) is 24.8. The molecular formula is C22H25N5O5S2. The minimum atomic E-state index is -0.677. The van der Waals surface area contributed by atoms with Gasteiger partial charge in [-0.1, -0.05) is 23.9 Å². The lowest BCUT2D eigenvalue weighted by Crippen LogP contribution is -2.17. The summed E-state index contributed by atoms with van der Waals surface area (Å²) in [5, 5.41) is 12.0. The molecule has 0 unspecified atom stereocenters. The number of rotatable bonds is 10. The first-order valence-corrected chi connectivity index (χ1v) is 12.2. The third-order valence-corrected chi connectivity index (χ3v) is 6.99. The molecule has 0 aliphatic heterocycles. The van der Waals surface area contributed by atoms with Crippen molar-refractivity contribution in [2.24, 2.45) is 5.73 Å². The maximum Gasteiger partial charge on any atom is 0.341 e. The van der Waals surface area contributed by atoms with Crippen molar-refractivity contribution in [3.8, 4) is 17.1 Å². The molecule has 3 rings (SSSR count). The summed E-state index contributed by atoms with van der Waals surface area (Å²) in [6.45, 7) is 5.99. The van der Waals surface area contributed by atoms with E-state index in [1.165, 1.54) is 11.8 Å². The van der Waals surface area contributed by atoms with Crippen molar-refractivity contribution < 1.29 is 23.9 Å². The molecule has 2 heterocycles. The number of methoxy groups -OCH3 is 1. The SMILES string of the molecule is CCOC(=O)c1c(NC(=O)CSc2nnc(-c3cccc(OC)c3)n2CC)sc(C(N)=O)c1C. The highest BCUT2D eigenvalue weighted by Crippen LogP contribution is 2.34. The van der Waals surface area contributed by atoms with E-state index >= 15 is 0 Å². The zero-order valence-electron chi connectivity index (χ0n) is 19.2. The normalized spacial score (nSPS) is 10.7. The third-order valence-electron chi connectivity index (χ3n) is 4.80. The summed E-state index contributed by atoms with van der Waals surface area (Å²) in [5.74, 6) is -0.295. The Morgan fingerprint density at radius 1 is 1.24 bits per heavy atom. The molecule has 1 aromatic carbocycles. The Bertz CT molecular complexity index is 1220. The largest absolute Gasteiger partial charge is 0.497 e. The van der Waals surface area contributed by atoms with Crippen LogP contribution in [-0.4, -0.2) is 52.0 Å². The van der Waals surface area contributed by atoms with Crippen LogP contribution in [0.3, 0.4) is 0 Å². The molecule has 0 saturated carbocycles. The van der Waals surface area contributed by atoms with Gasteiger partial charge in [0.25, 0.3) is 5.91 Å². The van der Waals surface area contributed by atoms with Crippen molar-refractivity contribution in [2.75, 3.05) is 24.8 Å². The number of thiophene rings is 1. The molecule has 10 nitrogen and oxygen atoms in total. The van der Waals surface area contributed by atoms with Crippen molar-refractivity contribution in [3.63, 3.8) is 0 Å². The van der Waals surface area contributed by atoms with Gasteiger partial charge in [-0.3, -0.25) is 9.59 Å². The van der Waals surface area contributed by atoms with Crippen LogP contribution in [0.1, 0.15) is 39.4 Å². The number of esters is 1. The Labute approximate surface area is 204 Å². The first kappa shape index (κ1) is 25.2. The summed E-state index contributed by atoms with van der Waals surface area (Å²) in [4.78, 5) is 37.0. The molecule has 0 atom stereocenters. The maximum absolute atomic E-state index is 12.7. The van der Waals surface area contributed by atoms with Crippen molar-refractivity contribution in [1.82, 2.24) is 14.8 Å². The van der Waals surface area contributed by atoms with E-state index < -0.39 is 11.9 Å². The van der Waals surface area contributed by atoms with E-state index in [2.05, 4.69) is 15.5 Å². The molecule has 3 N–H and O–H groups in total. The number of amides is 2. The number of hydrogen-bond donors (Lipinski definition) is 2. The van der Waals surface area contributed by atoms with Crippen LogP contribution in [0.5, 0.6) is 5.75 Å². The second kappa shape index (κ2) is 11.2. The van der Waals surface area contributed by atoms with E-state index in [0.29, 0.717) is 28.8 Å². The quantitative estimate of drug-likeness (QED) is 0.317. The van der Waals surface area contributed by atoms with Gasteiger partial charge in [0, 0.05) is 12.1 Å². The minimum absolute atomic E-state index is 0.0152. The Balaban J connectivity index is 1.77. The summed E-state index contributed by atoms with van der Waals surface area (Å²) in [6, 6.07) is 7.49. The molecule has 0 saturated heterocycles. The zero-order valence-corrected chi connectivity index (χ0v) is 20.8. The van der Waals surface area contributed by atoms with Crippen LogP contribution in [0.15, 0.2) is 29.4 Å². The van der Waals surface area contributed by atoms with Crippen LogP contribution in [0.4, 0.5) is 5.00 Å². The Morgan fingerprint density at radius 2 is 2.00 bits per heavy atom. The lowest BCUT2D eigenvalue weighted by Gasteiger charge is -2.09. The number of carbonyl (C=O) groups is 3. The Morgan fingerprint density at radius 3 is 2.65 bits per heavy atom. The molecule has 34 heavy (non-hydrogen) atoms. The van der Waals surface area contributed by atoms with Crippen LogP contribution in [0, 0.1) is 6.92 Å². The standard InChI is InChI=1S/C22H25N5O5S2/c1-5-27-19(13-8-7-9-14(10-13)31-4)25-26-22(27)33-11-15(28)24-20-16(21(30)32-6-2)12(3)17(34-20)18(23)29/h7-10H,5-6,11H2,1-4H3,(H2,23,29)(H,24,28). The molecule has 0 fully saturated rings. The topological polar surface area (TPSA) is 138 Å². The number of anilines is 1. The van der Waals surface area contributed by atoms with E-state index in [0.717, 1.165) is 16.9 Å². The molecule has 2 aromatic heterocycles. The summed E-state index contributed by atoms with van der Waals surface area (Å²) < 4.78 is 12.3. The Hall–Kier alpha value is -3.38.